The van der Waals surface area contributed by atoms with Crippen molar-refractivity contribution in [2.24, 2.45) is 0 Å². The van der Waals surface area contributed by atoms with Crippen LogP contribution in [0.2, 0.25) is 0 Å². The lowest BCUT2D eigenvalue weighted by Gasteiger charge is -1.75. The predicted molar refractivity (Wildman–Crippen MR) is 28.5 cm³/mol. The fourth-order valence-electron chi connectivity index (χ4n) is 0.296. The van der Waals surface area contributed by atoms with Gasteiger partial charge in [-0.1, -0.05) is 0 Å². The second-order valence-corrected chi connectivity index (χ2v) is 1.65. The molecule has 1 aromatic heterocycles. The molecule has 1 heterocycles. The molecule has 0 aromatic carbocycles. The summed E-state index contributed by atoms with van der Waals surface area (Å²) in [5, 5.41) is 0.597. The molecule has 0 bridgehead atoms. The highest BCUT2D eigenvalue weighted by Crippen LogP contribution is 2.07. The molecule has 0 radical (unpaired) electrons. The van der Waals surface area contributed by atoms with Crippen LogP contribution in [0.4, 0.5) is 0 Å². The fourth-order valence-corrected chi connectivity index (χ4v) is 0.401. The zero-order valence-corrected chi connectivity index (χ0v) is 4.77. The molecule has 0 amide bonds. The van der Waals surface area contributed by atoms with Crippen LogP contribution in [0.25, 0.3) is 0 Å². The van der Waals surface area contributed by atoms with Gasteiger partial charge in [0, 0.05) is 0 Å². The van der Waals surface area contributed by atoms with Crippen molar-refractivity contribution >= 4 is 12.6 Å². The lowest BCUT2D eigenvalue weighted by Crippen LogP contribution is -1.65. The maximum atomic E-state index is 4.72. The van der Waals surface area contributed by atoms with Crippen LogP contribution in [0.1, 0.15) is 5.69 Å². The average Bonchev–Trinajstić information content (AvgIpc) is 1.91. The van der Waals surface area contributed by atoms with E-state index in [1.54, 1.807) is 0 Å². The molecule has 0 saturated heterocycles. The number of nitrogens with zero attached hydrogens (tertiary/aromatic N) is 1. The van der Waals surface area contributed by atoms with Gasteiger partial charge in [0.25, 0.3) is 0 Å². The average molecular weight is 115 g/mol. The Hall–Kier alpha value is -0.440. The van der Waals surface area contributed by atoms with E-state index in [0.717, 1.165) is 5.69 Å². The Labute approximate surface area is 47.0 Å². The van der Waals surface area contributed by atoms with E-state index >= 15 is 0 Å². The highest BCUT2D eigenvalue weighted by Gasteiger charge is 1.92. The first kappa shape index (κ1) is 4.71. The smallest absolute Gasteiger partial charge is 0.182 e. The van der Waals surface area contributed by atoms with Gasteiger partial charge in [0.15, 0.2) is 11.5 Å². The van der Waals surface area contributed by atoms with Gasteiger partial charge in [-0.3, -0.25) is 0 Å². The van der Waals surface area contributed by atoms with E-state index in [4.69, 9.17) is 4.42 Å². The number of hydrogen-bond donors (Lipinski definition) is 1. The van der Waals surface area contributed by atoms with Gasteiger partial charge >= 0.3 is 0 Å². The Morgan fingerprint density at radius 2 is 2.57 bits per heavy atom. The third kappa shape index (κ3) is 0.771. The summed E-state index contributed by atoms with van der Waals surface area (Å²) in [6.45, 7) is 1.84. The second-order valence-electron chi connectivity index (χ2n) is 1.24. The topological polar surface area (TPSA) is 26.0 Å². The highest BCUT2D eigenvalue weighted by molar-refractivity contribution is 7.80. The lowest BCUT2D eigenvalue weighted by atomic mass is 10.6. The third-order valence-electron chi connectivity index (χ3n) is 0.720. The molecule has 3 heteroatoms. The first-order chi connectivity index (χ1) is 3.30. The van der Waals surface area contributed by atoms with Crippen molar-refractivity contribution in [3.05, 3.63) is 12.1 Å². The Kier molecular flexibility index (Phi) is 1.06. The molecule has 0 aliphatic rings. The largest absolute Gasteiger partial charge is 0.437 e. The van der Waals surface area contributed by atoms with Gasteiger partial charge in [0.1, 0.15) is 0 Å². The number of hydrogen-bond acceptors (Lipinski definition) is 3. The monoisotopic (exact) mass is 115 g/mol. The zero-order chi connectivity index (χ0) is 5.28. The molecule has 0 fully saturated rings. The van der Waals surface area contributed by atoms with Gasteiger partial charge in [-0.2, -0.15) is 0 Å². The van der Waals surface area contributed by atoms with Crippen LogP contribution in [-0.2, 0) is 0 Å². The number of aromatic nitrogens is 1. The molecule has 0 atom stereocenters. The minimum Gasteiger partial charge on any atom is -0.437 e. The normalized spacial score (nSPS) is 9.43. The van der Waals surface area contributed by atoms with Crippen LogP contribution in [0.3, 0.4) is 0 Å². The Morgan fingerprint density at radius 3 is 2.71 bits per heavy atom. The molecule has 38 valence electrons. The minimum absolute atomic E-state index is 0.597. The van der Waals surface area contributed by atoms with E-state index in [-0.39, 0.29) is 0 Å². The molecular formula is C4H5NOS. The molecule has 7 heavy (non-hydrogen) atoms. The molecule has 2 nitrogen and oxygen atoms in total. The number of oxazole rings is 1. The molecule has 1 aromatic rings. The summed E-state index contributed by atoms with van der Waals surface area (Å²) < 4.78 is 4.72. The van der Waals surface area contributed by atoms with Gasteiger partial charge in [-0.15, -0.1) is 12.6 Å². The summed E-state index contributed by atoms with van der Waals surface area (Å²) in [4.78, 5) is 3.77. The van der Waals surface area contributed by atoms with Crippen LogP contribution in [0.15, 0.2) is 15.9 Å². The van der Waals surface area contributed by atoms with E-state index < -0.39 is 0 Å². The minimum atomic E-state index is 0.597. The van der Waals surface area contributed by atoms with Gasteiger partial charge < -0.3 is 4.42 Å². The molecular weight excluding hydrogens is 110 g/mol. The van der Waals surface area contributed by atoms with E-state index in [9.17, 15) is 0 Å². The van der Waals surface area contributed by atoms with Crippen LogP contribution < -0.4 is 0 Å². The summed E-state index contributed by atoms with van der Waals surface area (Å²) in [6, 6.07) is 0. The SMILES string of the molecule is Cc1ncoc1S. The predicted octanol–water partition coefficient (Wildman–Crippen LogP) is 1.27. The Morgan fingerprint density at radius 1 is 1.86 bits per heavy atom. The van der Waals surface area contributed by atoms with Crippen LogP contribution >= 0.6 is 12.6 Å². The maximum absolute atomic E-state index is 4.72. The van der Waals surface area contributed by atoms with E-state index in [1.807, 2.05) is 6.92 Å². The maximum Gasteiger partial charge on any atom is 0.182 e. The number of rotatable bonds is 0. The molecule has 1 rings (SSSR count). The van der Waals surface area contributed by atoms with Gasteiger partial charge in [0.05, 0.1) is 5.69 Å². The molecule has 0 spiro atoms. The van der Waals surface area contributed by atoms with Gasteiger partial charge in [0.2, 0.25) is 0 Å². The van der Waals surface area contributed by atoms with Crippen molar-refractivity contribution < 1.29 is 4.42 Å². The molecule has 0 unspecified atom stereocenters. The standard InChI is InChI=1S/C4H5NOS/c1-3-4(7)6-2-5-3/h2,7H,1H3. The summed E-state index contributed by atoms with van der Waals surface area (Å²) in [6.07, 6.45) is 1.37. The number of aryl methyl sites for hydroxylation is 1. The fraction of sp³-hybridized carbons (Fsp3) is 0.250. The summed E-state index contributed by atoms with van der Waals surface area (Å²) in [5.74, 6) is 0. The van der Waals surface area contributed by atoms with Crippen molar-refractivity contribution in [1.82, 2.24) is 4.98 Å². The summed E-state index contributed by atoms with van der Waals surface area (Å²) >= 11 is 3.92. The molecule has 0 saturated carbocycles. The van der Waals surface area contributed by atoms with Crippen molar-refractivity contribution in [2.45, 2.75) is 12.0 Å². The Balaban J connectivity index is 3.12. The van der Waals surface area contributed by atoms with E-state index in [0.29, 0.717) is 5.09 Å². The molecule has 0 aliphatic heterocycles. The van der Waals surface area contributed by atoms with Crippen LogP contribution in [-0.4, -0.2) is 4.98 Å². The summed E-state index contributed by atoms with van der Waals surface area (Å²) in [5.41, 5.74) is 0.836. The highest BCUT2D eigenvalue weighted by atomic mass is 32.1. The van der Waals surface area contributed by atoms with E-state index in [1.165, 1.54) is 6.39 Å². The first-order valence-electron chi connectivity index (χ1n) is 1.90. The zero-order valence-electron chi connectivity index (χ0n) is 3.88. The van der Waals surface area contributed by atoms with Crippen molar-refractivity contribution in [3.8, 4) is 0 Å². The van der Waals surface area contributed by atoms with E-state index in [2.05, 4.69) is 17.6 Å². The van der Waals surface area contributed by atoms with Crippen molar-refractivity contribution in [2.75, 3.05) is 0 Å². The molecule has 0 N–H and O–H groups in total. The summed E-state index contributed by atoms with van der Waals surface area (Å²) in [7, 11) is 0. The van der Waals surface area contributed by atoms with Crippen LogP contribution in [0.5, 0.6) is 0 Å². The van der Waals surface area contributed by atoms with Crippen LogP contribution in [0, 0.1) is 6.92 Å². The van der Waals surface area contributed by atoms with Crippen molar-refractivity contribution in [3.63, 3.8) is 0 Å². The third-order valence-corrected chi connectivity index (χ3v) is 1.15. The lowest BCUT2D eigenvalue weighted by molar-refractivity contribution is 0.469. The Bertz CT molecular complexity index is 144. The van der Waals surface area contributed by atoms with Gasteiger partial charge in [-0.05, 0) is 6.92 Å². The second kappa shape index (κ2) is 1.58. The quantitative estimate of drug-likeness (QED) is 0.515. The number of thiol groups is 1. The van der Waals surface area contributed by atoms with Gasteiger partial charge in [-0.25, -0.2) is 4.98 Å². The first-order valence-corrected chi connectivity index (χ1v) is 2.34. The van der Waals surface area contributed by atoms with Crippen molar-refractivity contribution in [1.29, 1.82) is 0 Å². The molecule has 0 aliphatic carbocycles.